The van der Waals surface area contributed by atoms with Crippen molar-refractivity contribution in [3.63, 3.8) is 0 Å². The number of furan rings is 1. The molecule has 7 nitrogen and oxygen atoms in total. The van der Waals surface area contributed by atoms with Gasteiger partial charge in [0.1, 0.15) is 12.3 Å². The van der Waals surface area contributed by atoms with Crippen molar-refractivity contribution in [3.8, 4) is 0 Å². The van der Waals surface area contributed by atoms with Crippen LogP contribution in [0.4, 0.5) is 0 Å². The zero-order chi connectivity index (χ0) is 21.3. The van der Waals surface area contributed by atoms with E-state index in [0.29, 0.717) is 37.6 Å². The lowest BCUT2D eigenvalue weighted by molar-refractivity contribution is -0.139. The Bertz CT molecular complexity index is 1050. The van der Waals surface area contributed by atoms with Crippen LogP contribution in [0.15, 0.2) is 47.1 Å². The molecule has 7 heteroatoms. The highest BCUT2D eigenvalue weighted by Crippen LogP contribution is 2.25. The van der Waals surface area contributed by atoms with E-state index < -0.39 is 0 Å². The van der Waals surface area contributed by atoms with Gasteiger partial charge in [-0.15, -0.1) is 0 Å². The molecule has 0 unspecified atom stereocenters. The molecule has 4 rings (SSSR count). The highest BCUT2D eigenvalue weighted by Gasteiger charge is 2.31. The molecule has 0 aliphatic carbocycles. The second kappa shape index (κ2) is 8.36. The summed E-state index contributed by atoms with van der Waals surface area (Å²) in [5.74, 6) is -0.0865. The van der Waals surface area contributed by atoms with E-state index in [2.05, 4.69) is 31.2 Å². The molecule has 0 bridgehead atoms. The number of aromatic nitrogens is 1. The average molecular weight is 409 g/mol. The first-order valence-corrected chi connectivity index (χ1v) is 10.2. The first-order valence-electron chi connectivity index (χ1n) is 10.2. The van der Waals surface area contributed by atoms with E-state index in [1.165, 1.54) is 12.7 Å². The van der Waals surface area contributed by atoms with Gasteiger partial charge in [-0.3, -0.25) is 9.59 Å². The smallest absolute Gasteiger partial charge is 0.270 e. The normalized spacial score (nSPS) is 17.0. The molecule has 1 atom stereocenters. The van der Waals surface area contributed by atoms with E-state index in [-0.39, 0.29) is 24.5 Å². The van der Waals surface area contributed by atoms with Crippen molar-refractivity contribution in [1.29, 1.82) is 0 Å². The minimum atomic E-state index is -0.0612. The van der Waals surface area contributed by atoms with E-state index in [0.717, 1.165) is 10.9 Å². The number of aryl methyl sites for hydroxylation is 1. The van der Waals surface area contributed by atoms with Crippen molar-refractivity contribution >= 4 is 22.9 Å². The number of nitrogens with zero attached hydrogens (tertiary/aromatic N) is 3. The molecule has 2 amide bonds. The maximum atomic E-state index is 13.4. The largest absolute Gasteiger partial charge is 0.448 e. The first-order chi connectivity index (χ1) is 14.5. The highest BCUT2D eigenvalue weighted by molar-refractivity contribution is 5.98. The van der Waals surface area contributed by atoms with Crippen LogP contribution < -0.4 is 0 Å². The Balaban J connectivity index is 1.57. The second-order valence-electron chi connectivity index (χ2n) is 7.90. The molecule has 1 aliphatic heterocycles. The van der Waals surface area contributed by atoms with Crippen molar-refractivity contribution in [2.45, 2.75) is 26.4 Å². The molecule has 0 saturated carbocycles. The minimum Gasteiger partial charge on any atom is -0.448 e. The Morgan fingerprint density at radius 3 is 2.63 bits per heavy atom. The lowest BCUT2D eigenvalue weighted by Crippen LogP contribution is -2.56. The van der Waals surface area contributed by atoms with Gasteiger partial charge in [0.25, 0.3) is 5.91 Å². The Morgan fingerprint density at radius 2 is 1.93 bits per heavy atom. The fourth-order valence-corrected chi connectivity index (χ4v) is 4.07. The summed E-state index contributed by atoms with van der Waals surface area (Å²) in [5.41, 5.74) is 3.60. The molecule has 1 fully saturated rings. The molecule has 3 heterocycles. The summed E-state index contributed by atoms with van der Waals surface area (Å²) in [7, 11) is 1.51. The number of rotatable bonds is 5. The van der Waals surface area contributed by atoms with Gasteiger partial charge in [-0.2, -0.15) is 0 Å². The van der Waals surface area contributed by atoms with Gasteiger partial charge in [-0.05, 0) is 31.5 Å². The maximum absolute atomic E-state index is 13.4. The second-order valence-corrected chi connectivity index (χ2v) is 7.90. The third-order valence-corrected chi connectivity index (χ3v) is 5.69. The quantitative estimate of drug-likeness (QED) is 0.650. The lowest BCUT2D eigenvalue weighted by Gasteiger charge is -2.39. The van der Waals surface area contributed by atoms with Gasteiger partial charge >= 0.3 is 0 Å². The minimum absolute atomic E-state index is 0.0424. The summed E-state index contributed by atoms with van der Waals surface area (Å²) in [6.07, 6.45) is 1.65. The number of benzene rings is 1. The zero-order valence-electron chi connectivity index (χ0n) is 17.6. The third kappa shape index (κ3) is 3.85. The summed E-state index contributed by atoms with van der Waals surface area (Å²) in [6, 6.07) is 12.0. The van der Waals surface area contributed by atoms with Crippen molar-refractivity contribution in [2.24, 2.45) is 0 Å². The van der Waals surface area contributed by atoms with E-state index in [1.54, 1.807) is 11.2 Å². The molecule has 0 N–H and O–H groups in total. The number of piperazine rings is 1. The standard InChI is InChI=1S/C23H27N3O4/c1-16-4-6-18(7-5-16)14-26-20(12-19-8-11-30-23(19)26)22(28)24-9-10-25(17(2)13-24)21(27)15-29-3/h4-8,11-12,17H,9-10,13-15H2,1-3H3/t17-/m1/s1. The number of fused-ring (bicyclic) bond motifs is 1. The Hall–Kier alpha value is -3.06. The summed E-state index contributed by atoms with van der Waals surface area (Å²) in [4.78, 5) is 29.2. The molecular weight excluding hydrogens is 382 g/mol. The van der Waals surface area contributed by atoms with Crippen molar-refractivity contribution < 1.29 is 18.7 Å². The van der Waals surface area contributed by atoms with Crippen LogP contribution in [0.3, 0.4) is 0 Å². The SMILES string of the molecule is COCC(=O)N1CCN(C(=O)c2cc3ccoc3n2Cc2ccc(C)cc2)C[C@H]1C. The van der Waals surface area contributed by atoms with E-state index in [9.17, 15) is 9.59 Å². The molecule has 30 heavy (non-hydrogen) atoms. The topological polar surface area (TPSA) is 67.9 Å². The van der Waals surface area contributed by atoms with Crippen LogP contribution in [-0.2, 0) is 16.1 Å². The van der Waals surface area contributed by atoms with Crippen molar-refractivity contribution in [1.82, 2.24) is 14.4 Å². The number of methoxy groups -OCH3 is 1. The molecule has 158 valence electrons. The van der Waals surface area contributed by atoms with E-state index in [4.69, 9.17) is 9.15 Å². The number of carbonyl (C=O) groups excluding carboxylic acids is 2. The number of carbonyl (C=O) groups is 2. The third-order valence-electron chi connectivity index (χ3n) is 5.69. The van der Waals surface area contributed by atoms with E-state index >= 15 is 0 Å². The van der Waals surface area contributed by atoms with Gasteiger partial charge in [-0.1, -0.05) is 29.8 Å². The van der Waals surface area contributed by atoms with Gasteiger partial charge < -0.3 is 23.5 Å². The molecule has 0 spiro atoms. The van der Waals surface area contributed by atoms with Crippen LogP contribution in [0.2, 0.25) is 0 Å². The van der Waals surface area contributed by atoms with Gasteiger partial charge in [-0.25, -0.2) is 0 Å². The summed E-state index contributed by atoms with van der Waals surface area (Å²) >= 11 is 0. The first kappa shape index (κ1) is 20.2. The molecule has 3 aromatic rings. The zero-order valence-corrected chi connectivity index (χ0v) is 17.6. The van der Waals surface area contributed by atoms with Crippen LogP contribution in [0.5, 0.6) is 0 Å². The predicted molar refractivity (Wildman–Crippen MR) is 113 cm³/mol. The fraction of sp³-hybridized carbons (Fsp3) is 0.391. The van der Waals surface area contributed by atoms with Crippen LogP contribution in [-0.4, -0.2) is 65.6 Å². The fourth-order valence-electron chi connectivity index (χ4n) is 4.07. The van der Waals surface area contributed by atoms with Crippen LogP contribution in [0, 0.1) is 6.92 Å². The Labute approximate surface area is 175 Å². The maximum Gasteiger partial charge on any atom is 0.270 e. The molecule has 0 radical (unpaired) electrons. The van der Waals surface area contributed by atoms with Crippen molar-refractivity contribution in [2.75, 3.05) is 33.4 Å². The number of hydrogen-bond acceptors (Lipinski definition) is 4. The summed E-state index contributed by atoms with van der Waals surface area (Å²) < 4.78 is 12.6. The predicted octanol–water partition coefficient (Wildman–Crippen LogP) is 2.91. The highest BCUT2D eigenvalue weighted by atomic mass is 16.5. The molecular formula is C23H27N3O4. The molecule has 1 aromatic carbocycles. The van der Waals surface area contributed by atoms with Crippen LogP contribution in [0.1, 0.15) is 28.5 Å². The molecule has 1 saturated heterocycles. The number of ether oxygens (including phenoxy) is 1. The van der Waals surface area contributed by atoms with Gasteiger partial charge in [0.05, 0.1) is 12.8 Å². The summed E-state index contributed by atoms with van der Waals surface area (Å²) in [6.45, 7) is 6.13. The van der Waals surface area contributed by atoms with Crippen LogP contribution in [0.25, 0.3) is 11.1 Å². The monoisotopic (exact) mass is 409 g/mol. The lowest BCUT2D eigenvalue weighted by atomic mass is 10.1. The van der Waals surface area contributed by atoms with Crippen LogP contribution >= 0.6 is 0 Å². The Kier molecular flexibility index (Phi) is 5.63. The van der Waals surface area contributed by atoms with Crippen molar-refractivity contribution in [3.05, 3.63) is 59.5 Å². The van der Waals surface area contributed by atoms with Gasteiger partial charge in [0.15, 0.2) is 0 Å². The number of amides is 2. The molecule has 1 aliphatic rings. The summed E-state index contributed by atoms with van der Waals surface area (Å²) in [5, 5.41) is 0.910. The van der Waals surface area contributed by atoms with Gasteiger partial charge in [0.2, 0.25) is 11.6 Å². The van der Waals surface area contributed by atoms with E-state index in [1.807, 2.05) is 28.5 Å². The average Bonchev–Trinajstić information content (AvgIpc) is 3.31. The Morgan fingerprint density at radius 1 is 1.17 bits per heavy atom. The molecule has 2 aromatic heterocycles. The van der Waals surface area contributed by atoms with Gasteiger partial charge in [0, 0.05) is 38.2 Å². The number of hydrogen-bond donors (Lipinski definition) is 0.